The van der Waals surface area contributed by atoms with Gasteiger partial charge in [0.05, 0.1) is 12.6 Å². The quantitative estimate of drug-likeness (QED) is 0.551. The third-order valence-electron chi connectivity index (χ3n) is 1.27. The zero-order chi connectivity index (χ0) is 9.23. The first-order valence-corrected chi connectivity index (χ1v) is 4.15. The molecule has 0 aromatic carbocycles. The van der Waals surface area contributed by atoms with Gasteiger partial charge in [0.2, 0.25) is 5.91 Å². The van der Waals surface area contributed by atoms with Gasteiger partial charge in [0.25, 0.3) is 0 Å². The Hall–Kier alpha value is -1.08. The molecule has 0 spiro atoms. The standard InChI is InChI=1S/C8H15N3O/c1-2-5-11-8(12)7-10-6-3-4-9/h10H,2-3,5-7H2,1H3,(H,11,12). The molecule has 0 saturated heterocycles. The maximum absolute atomic E-state index is 10.9. The van der Waals surface area contributed by atoms with Crippen LogP contribution < -0.4 is 10.6 Å². The van der Waals surface area contributed by atoms with E-state index in [1.54, 1.807) is 0 Å². The molecule has 4 nitrogen and oxygen atoms in total. The van der Waals surface area contributed by atoms with Crippen LogP contribution in [0.5, 0.6) is 0 Å². The van der Waals surface area contributed by atoms with Crippen molar-refractivity contribution in [1.29, 1.82) is 5.26 Å². The number of hydrogen-bond donors (Lipinski definition) is 2. The molecule has 1 amide bonds. The smallest absolute Gasteiger partial charge is 0.233 e. The van der Waals surface area contributed by atoms with Gasteiger partial charge in [-0.25, -0.2) is 0 Å². The summed E-state index contributed by atoms with van der Waals surface area (Å²) in [6.07, 6.45) is 1.39. The molecule has 2 N–H and O–H groups in total. The normalized spacial score (nSPS) is 9.00. The molecule has 68 valence electrons. The molecule has 12 heavy (non-hydrogen) atoms. The second-order valence-electron chi connectivity index (χ2n) is 2.43. The molecule has 0 aliphatic carbocycles. The van der Waals surface area contributed by atoms with Crippen LogP contribution in [-0.2, 0) is 4.79 Å². The Morgan fingerprint density at radius 2 is 2.25 bits per heavy atom. The molecule has 0 saturated carbocycles. The highest BCUT2D eigenvalue weighted by atomic mass is 16.1. The second-order valence-corrected chi connectivity index (χ2v) is 2.43. The average Bonchev–Trinajstić information content (AvgIpc) is 2.09. The van der Waals surface area contributed by atoms with Gasteiger partial charge in [-0.2, -0.15) is 5.26 Å². The molecule has 0 rings (SSSR count). The van der Waals surface area contributed by atoms with Crippen LogP contribution in [0.4, 0.5) is 0 Å². The van der Waals surface area contributed by atoms with Crippen molar-refractivity contribution in [3.63, 3.8) is 0 Å². The minimum Gasteiger partial charge on any atom is -0.355 e. The highest BCUT2D eigenvalue weighted by Gasteiger charge is 1.96. The van der Waals surface area contributed by atoms with E-state index in [4.69, 9.17) is 5.26 Å². The first kappa shape index (κ1) is 10.9. The lowest BCUT2D eigenvalue weighted by atomic mass is 10.4. The summed E-state index contributed by atoms with van der Waals surface area (Å²) >= 11 is 0. The lowest BCUT2D eigenvalue weighted by Gasteiger charge is -2.02. The molecule has 0 aliphatic rings. The fraction of sp³-hybridized carbons (Fsp3) is 0.750. The summed E-state index contributed by atoms with van der Waals surface area (Å²) in [6, 6.07) is 1.99. The summed E-state index contributed by atoms with van der Waals surface area (Å²) in [4.78, 5) is 10.9. The molecule has 0 unspecified atom stereocenters. The Labute approximate surface area is 72.9 Å². The third-order valence-corrected chi connectivity index (χ3v) is 1.27. The first-order chi connectivity index (χ1) is 5.81. The van der Waals surface area contributed by atoms with Crippen molar-refractivity contribution in [3.05, 3.63) is 0 Å². The predicted octanol–water partition coefficient (Wildman–Crippen LogP) is 0.0159. The number of amides is 1. The number of nitrogens with zero attached hydrogens (tertiary/aromatic N) is 1. The van der Waals surface area contributed by atoms with E-state index in [0.717, 1.165) is 13.0 Å². The molecule has 0 atom stereocenters. The molecule has 0 heterocycles. The fourth-order valence-corrected chi connectivity index (χ4v) is 0.673. The Balaban J connectivity index is 3.15. The van der Waals surface area contributed by atoms with E-state index in [2.05, 4.69) is 10.6 Å². The number of nitrogens with one attached hydrogen (secondary N) is 2. The van der Waals surface area contributed by atoms with E-state index >= 15 is 0 Å². The molecule has 0 bridgehead atoms. The summed E-state index contributed by atoms with van der Waals surface area (Å²) in [5.74, 6) is -0.00482. The number of nitriles is 1. The summed E-state index contributed by atoms with van der Waals surface area (Å²) in [6.45, 7) is 3.61. The summed E-state index contributed by atoms with van der Waals surface area (Å²) in [5, 5.41) is 13.8. The first-order valence-electron chi connectivity index (χ1n) is 4.15. The summed E-state index contributed by atoms with van der Waals surface area (Å²) in [7, 11) is 0. The lowest BCUT2D eigenvalue weighted by Crippen LogP contribution is -2.34. The monoisotopic (exact) mass is 169 g/mol. The zero-order valence-electron chi connectivity index (χ0n) is 7.39. The van der Waals surface area contributed by atoms with Gasteiger partial charge in [0.15, 0.2) is 0 Å². The van der Waals surface area contributed by atoms with Crippen molar-refractivity contribution >= 4 is 5.91 Å². The van der Waals surface area contributed by atoms with Crippen LogP contribution in [0.1, 0.15) is 19.8 Å². The van der Waals surface area contributed by atoms with E-state index in [1.807, 2.05) is 13.0 Å². The fourth-order valence-electron chi connectivity index (χ4n) is 0.673. The zero-order valence-corrected chi connectivity index (χ0v) is 7.39. The summed E-state index contributed by atoms with van der Waals surface area (Å²) in [5.41, 5.74) is 0. The topological polar surface area (TPSA) is 64.9 Å². The van der Waals surface area contributed by atoms with Crippen molar-refractivity contribution in [2.75, 3.05) is 19.6 Å². The maximum Gasteiger partial charge on any atom is 0.233 e. The van der Waals surface area contributed by atoms with Gasteiger partial charge in [-0.15, -0.1) is 0 Å². The van der Waals surface area contributed by atoms with Crippen LogP contribution in [0, 0.1) is 11.3 Å². The minimum absolute atomic E-state index is 0.00482. The van der Waals surface area contributed by atoms with E-state index in [9.17, 15) is 4.79 Å². The van der Waals surface area contributed by atoms with E-state index in [-0.39, 0.29) is 5.91 Å². The van der Waals surface area contributed by atoms with Crippen LogP contribution in [0.15, 0.2) is 0 Å². The van der Waals surface area contributed by atoms with Crippen molar-refractivity contribution in [2.45, 2.75) is 19.8 Å². The van der Waals surface area contributed by atoms with Crippen LogP contribution in [0.25, 0.3) is 0 Å². The maximum atomic E-state index is 10.9. The SMILES string of the molecule is CCCNC(=O)CNCCC#N. The van der Waals surface area contributed by atoms with Gasteiger partial charge in [0, 0.05) is 19.5 Å². The van der Waals surface area contributed by atoms with Crippen molar-refractivity contribution in [2.24, 2.45) is 0 Å². The van der Waals surface area contributed by atoms with Crippen molar-refractivity contribution < 1.29 is 4.79 Å². The van der Waals surface area contributed by atoms with Crippen molar-refractivity contribution in [1.82, 2.24) is 10.6 Å². The van der Waals surface area contributed by atoms with E-state index in [1.165, 1.54) is 0 Å². The largest absolute Gasteiger partial charge is 0.355 e. The molecule has 0 aromatic heterocycles. The molecule has 0 aliphatic heterocycles. The Bertz CT molecular complexity index is 162. The van der Waals surface area contributed by atoms with Crippen LogP contribution in [0.2, 0.25) is 0 Å². The van der Waals surface area contributed by atoms with Gasteiger partial charge in [-0.3, -0.25) is 4.79 Å². The van der Waals surface area contributed by atoms with Gasteiger partial charge in [0.1, 0.15) is 0 Å². The number of rotatable bonds is 6. The van der Waals surface area contributed by atoms with Crippen LogP contribution >= 0.6 is 0 Å². The number of carbonyl (C=O) groups is 1. The molecular weight excluding hydrogens is 154 g/mol. The van der Waals surface area contributed by atoms with E-state index < -0.39 is 0 Å². The Morgan fingerprint density at radius 3 is 2.83 bits per heavy atom. The molecule has 0 fully saturated rings. The summed E-state index contributed by atoms with van der Waals surface area (Å²) < 4.78 is 0. The predicted molar refractivity (Wildman–Crippen MR) is 46.4 cm³/mol. The lowest BCUT2D eigenvalue weighted by molar-refractivity contribution is -0.120. The average molecular weight is 169 g/mol. The van der Waals surface area contributed by atoms with Gasteiger partial charge in [-0.1, -0.05) is 6.92 Å². The number of hydrogen-bond acceptors (Lipinski definition) is 3. The van der Waals surface area contributed by atoms with Crippen LogP contribution in [0.3, 0.4) is 0 Å². The molecular formula is C8H15N3O. The van der Waals surface area contributed by atoms with Crippen molar-refractivity contribution in [3.8, 4) is 6.07 Å². The molecule has 0 aromatic rings. The second kappa shape index (κ2) is 8.02. The Morgan fingerprint density at radius 1 is 1.50 bits per heavy atom. The number of carbonyl (C=O) groups excluding carboxylic acids is 1. The van der Waals surface area contributed by atoms with Gasteiger partial charge >= 0.3 is 0 Å². The van der Waals surface area contributed by atoms with E-state index in [0.29, 0.717) is 19.5 Å². The molecule has 0 radical (unpaired) electrons. The highest BCUT2D eigenvalue weighted by Crippen LogP contribution is 1.72. The third kappa shape index (κ3) is 7.03. The molecule has 4 heteroatoms. The minimum atomic E-state index is -0.00482. The Kier molecular flexibility index (Phi) is 7.30. The van der Waals surface area contributed by atoms with Crippen LogP contribution in [-0.4, -0.2) is 25.5 Å². The highest BCUT2D eigenvalue weighted by molar-refractivity contribution is 5.77. The van der Waals surface area contributed by atoms with Gasteiger partial charge in [-0.05, 0) is 6.42 Å². The van der Waals surface area contributed by atoms with Gasteiger partial charge < -0.3 is 10.6 Å².